The zero-order valence-electron chi connectivity index (χ0n) is 10.4. The second-order valence-corrected chi connectivity index (χ2v) is 5.99. The Labute approximate surface area is 128 Å². The number of para-hydroxylation sites is 2. The van der Waals surface area contributed by atoms with Gasteiger partial charge in [0.05, 0.1) is 23.5 Å². The lowest BCUT2D eigenvalue weighted by Crippen LogP contribution is -2.16. The second-order valence-electron chi connectivity index (χ2n) is 4.23. The van der Waals surface area contributed by atoms with Gasteiger partial charge in [0, 0.05) is 11.9 Å². The van der Waals surface area contributed by atoms with Crippen LogP contribution in [0, 0.1) is 11.6 Å². The Morgan fingerprint density at radius 1 is 0.950 bits per heavy atom. The maximum Gasteiger partial charge on any atom is 0.149 e. The van der Waals surface area contributed by atoms with E-state index in [0.29, 0.717) is 28.9 Å². The van der Waals surface area contributed by atoms with Crippen molar-refractivity contribution < 1.29 is 8.78 Å². The Hall–Kier alpha value is -1.27. The van der Waals surface area contributed by atoms with E-state index in [4.69, 9.17) is 0 Å². The number of benzene rings is 2. The molecule has 0 radical (unpaired) electrons. The van der Waals surface area contributed by atoms with Crippen molar-refractivity contribution in [1.82, 2.24) is 0 Å². The minimum absolute atomic E-state index is 0.296. The summed E-state index contributed by atoms with van der Waals surface area (Å²) in [7, 11) is 0. The van der Waals surface area contributed by atoms with Gasteiger partial charge in [0.1, 0.15) is 17.3 Å². The first-order valence-corrected chi connectivity index (χ1v) is 7.92. The predicted octanol–water partition coefficient (Wildman–Crippen LogP) is 4.88. The molecule has 0 aliphatic carbocycles. The van der Waals surface area contributed by atoms with Gasteiger partial charge >= 0.3 is 0 Å². The van der Waals surface area contributed by atoms with Crippen LogP contribution in [0.5, 0.6) is 0 Å². The van der Waals surface area contributed by atoms with Crippen molar-refractivity contribution in [3.63, 3.8) is 0 Å². The molecule has 0 fully saturated rings. The second kappa shape index (κ2) is 5.61. The first-order valence-electron chi connectivity index (χ1n) is 6.07. The zero-order valence-corrected chi connectivity index (χ0v) is 12.8. The maximum absolute atomic E-state index is 14.1. The van der Waals surface area contributed by atoms with Gasteiger partial charge in [0.2, 0.25) is 0 Å². The number of hydrogen-bond donors (Lipinski definition) is 0. The van der Waals surface area contributed by atoms with Gasteiger partial charge in [-0.3, -0.25) is 8.61 Å². The smallest absolute Gasteiger partial charge is 0.149 e. The first kappa shape index (κ1) is 13.7. The largest absolute Gasteiger partial charge is 0.293 e. The number of fused-ring (bicyclic) bond motifs is 1. The molecule has 20 heavy (non-hydrogen) atoms. The number of alkyl halides is 1. The van der Waals surface area contributed by atoms with E-state index in [0.717, 1.165) is 0 Å². The Bertz CT molecular complexity index is 638. The molecule has 1 aliphatic heterocycles. The summed E-state index contributed by atoms with van der Waals surface area (Å²) in [6.07, 6.45) is 0. The van der Waals surface area contributed by atoms with E-state index in [9.17, 15) is 8.78 Å². The minimum Gasteiger partial charge on any atom is -0.293 e. The third-order valence-electron chi connectivity index (χ3n) is 2.97. The highest BCUT2D eigenvalue weighted by atomic mass is 79.9. The van der Waals surface area contributed by atoms with E-state index >= 15 is 0 Å². The molecule has 0 saturated carbocycles. The fourth-order valence-corrected chi connectivity index (χ4v) is 3.81. The molecule has 0 unspecified atom stereocenters. The Balaban J connectivity index is 2.09. The van der Waals surface area contributed by atoms with Gasteiger partial charge in [-0.1, -0.05) is 34.1 Å². The average Bonchev–Trinajstić information content (AvgIpc) is 2.80. The quantitative estimate of drug-likeness (QED) is 0.571. The standard InChI is InChI=1S/C14H11BrF2N2S/c15-8-9-18-14-11(17)5-3-7-13(14)19(20-18)12-6-2-1-4-10(12)16/h1-7H,8-9H2. The third-order valence-corrected chi connectivity index (χ3v) is 4.45. The molecule has 2 aromatic carbocycles. The molecule has 0 bridgehead atoms. The van der Waals surface area contributed by atoms with Crippen molar-refractivity contribution in [2.24, 2.45) is 0 Å². The van der Waals surface area contributed by atoms with Crippen molar-refractivity contribution in [3.05, 3.63) is 54.1 Å². The summed E-state index contributed by atoms with van der Waals surface area (Å²) in [5.41, 5.74) is 1.60. The van der Waals surface area contributed by atoms with Gasteiger partial charge in [-0.2, -0.15) is 0 Å². The van der Waals surface area contributed by atoms with Crippen LogP contribution in [0.25, 0.3) is 0 Å². The Morgan fingerprint density at radius 3 is 2.40 bits per heavy atom. The van der Waals surface area contributed by atoms with Crippen LogP contribution in [0.15, 0.2) is 42.5 Å². The molecular weight excluding hydrogens is 346 g/mol. The molecule has 0 aromatic heterocycles. The van der Waals surface area contributed by atoms with Crippen LogP contribution in [-0.4, -0.2) is 11.9 Å². The van der Waals surface area contributed by atoms with Gasteiger partial charge in [0.15, 0.2) is 0 Å². The lowest BCUT2D eigenvalue weighted by atomic mass is 10.2. The van der Waals surface area contributed by atoms with Gasteiger partial charge in [-0.25, -0.2) is 8.78 Å². The Morgan fingerprint density at radius 2 is 1.65 bits per heavy atom. The topological polar surface area (TPSA) is 6.48 Å². The number of hydrogen-bond acceptors (Lipinski definition) is 3. The molecular formula is C14H11BrF2N2S. The van der Waals surface area contributed by atoms with Gasteiger partial charge in [-0.15, -0.1) is 0 Å². The van der Waals surface area contributed by atoms with Crippen LogP contribution in [0.1, 0.15) is 0 Å². The van der Waals surface area contributed by atoms with E-state index in [1.807, 2.05) is 4.31 Å². The van der Waals surface area contributed by atoms with Crippen LogP contribution < -0.4 is 8.61 Å². The third kappa shape index (κ3) is 2.27. The van der Waals surface area contributed by atoms with Gasteiger partial charge in [-0.05, 0) is 24.3 Å². The molecule has 2 nitrogen and oxygen atoms in total. The molecule has 0 N–H and O–H groups in total. The summed E-state index contributed by atoms with van der Waals surface area (Å²) in [5, 5.41) is 0.707. The van der Waals surface area contributed by atoms with Crippen molar-refractivity contribution in [1.29, 1.82) is 0 Å². The molecule has 6 heteroatoms. The molecule has 0 amide bonds. The summed E-state index contributed by atoms with van der Waals surface area (Å²) < 4.78 is 31.6. The predicted molar refractivity (Wildman–Crippen MR) is 83.7 cm³/mol. The van der Waals surface area contributed by atoms with E-state index in [1.54, 1.807) is 34.6 Å². The SMILES string of the molecule is Fc1ccccc1N1SN(CCBr)c2c(F)cccc21. The Kier molecular flexibility index (Phi) is 3.85. The summed E-state index contributed by atoms with van der Waals surface area (Å²) >= 11 is 4.66. The lowest BCUT2D eigenvalue weighted by Gasteiger charge is -2.19. The van der Waals surface area contributed by atoms with Gasteiger partial charge in [0.25, 0.3) is 0 Å². The fraction of sp³-hybridized carbons (Fsp3) is 0.143. The van der Waals surface area contributed by atoms with Crippen LogP contribution in [-0.2, 0) is 0 Å². The summed E-state index contributed by atoms with van der Waals surface area (Å²) in [6, 6.07) is 11.4. The van der Waals surface area contributed by atoms with E-state index < -0.39 is 0 Å². The fourth-order valence-electron chi connectivity index (χ4n) is 2.12. The average molecular weight is 357 g/mol. The molecule has 104 valence electrons. The monoisotopic (exact) mass is 356 g/mol. The summed E-state index contributed by atoms with van der Waals surface area (Å²) in [5.74, 6) is -0.620. The normalized spacial score (nSPS) is 13.8. The molecule has 2 aromatic rings. The summed E-state index contributed by atoms with van der Waals surface area (Å²) in [6.45, 7) is 0.629. The molecule has 0 saturated heterocycles. The van der Waals surface area contributed by atoms with Crippen LogP contribution in [0.2, 0.25) is 0 Å². The number of nitrogens with zero attached hydrogens (tertiary/aromatic N) is 2. The van der Waals surface area contributed by atoms with Crippen LogP contribution >= 0.6 is 28.1 Å². The van der Waals surface area contributed by atoms with Crippen LogP contribution in [0.4, 0.5) is 25.8 Å². The lowest BCUT2D eigenvalue weighted by molar-refractivity contribution is 0.627. The molecule has 0 spiro atoms. The molecule has 3 rings (SSSR count). The highest BCUT2D eigenvalue weighted by molar-refractivity contribution is 9.09. The molecule has 1 heterocycles. The molecule has 0 atom stereocenters. The van der Waals surface area contributed by atoms with Gasteiger partial charge < -0.3 is 0 Å². The van der Waals surface area contributed by atoms with Crippen molar-refractivity contribution in [3.8, 4) is 0 Å². The minimum atomic E-state index is -0.323. The zero-order chi connectivity index (χ0) is 14.1. The first-order chi connectivity index (χ1) is 9.72. The number of halogens is 3. The van der Waals surface area contributed by atoms with Crippen molar-refractivity contribution >= 4 is 45.1 Å². The maximum atomic E-state index is 14.1. The summed E-state index contributed by atoms with van der Waals surface area (Å²) in [4.78, 5) is 0. The van der Waals surface area contributed by atoms with Crippen molar-refractivity contribution in [2.75, 3.05) is 20.5 Å². The molecule has 1 aliphatic rings. The highest BCUT2D eigenvalue weighted by Gasteiger charge is 2.32. The number of rotatable bonds is 3. The van der Waals surface area contributed by atoms with Crippen molar-refractivity contribution in [2.45, 2.75) is 0 Å². The van der Waals surface area contributed by atoms with E-state index in [-0.39, 0.29) is 11.6 Å². The van der Waals surface area contributed by atoms with E-state index in [2.05, 4.69) is 15.9 Å². The number of anilines is 3. The van der Waals surface area contributed by atoms with E-state index in [1.165, 1.54) is 24.3 Å². The highest BCUT2D eigenvalue weighted by Crippen LogP contribution is 2.50. The van der Waals surface area contributed by atoms with Crippen LogP contribution in [0.3, 0.4) is 0 Å².